The van der Waals surface area contributed by atoms with Crippen LogP contribution in [0.2, 0.25) is 0 Å². The Hall–Kier alpha value is -2.14. The van der Waals surface area contributed by atoms with Crippen LogP contribution in [-0.2, 0) is 11.3 Å². The molecule has 1 heterocycles. The van der Waals surface area contributed by atoms with Gasteiger partial charge in [0.1, 0.15) is 0 Å². The van der Waals surface area contributed by atoms with Crippen molar-refractivity contribution in [3.8, 4) is 0 Å². The van der Waals surface area contributed by atoms with Gasteiger partial charge in [-0.2, -0.15) is 0 Å². The molecule has 1 atom stereocenters. The summed E-state index contributed by atoms with van der Waals surface area (Å²) in [5.41, 5.74) is 2.60. The van der Waals surface area contributed by atoms with E-state index >= 15 is 0 Å². The normalized spacial score (nSPS) is 17.6. The Balaban J connectivity index is 1.79. The maximum atomic E-state index is 12.3. The second kappa shape index (κ2) is 9.37. The topological polar surface area (TPSA) is 61.4 Å². The fraction of sp³-hybridized carbons (Fsp3) is 0.500. The predicted molar refractivity (Wildman–Crippen MR) is 100 cm³/mol. The molecule has 136 valence electrons. The minimum absolute atomic E-state index is 0.0339. The SMILES string of the molecule is CC(C)=CC(=O)NCc1ccc(C(=O)NC[C@@H]2CCCN(C)C2)cc1. The lowest BCUT2D eigenvalue weighted by Crippen LogP contribution is -2.39. The summed E-state index contributed by atoms with van der Waals surface area (Å²) in [6.07, 6.45) is 3.95. The highest BCUT2D eigenvalue weighted by atomic mass is 16.2. The molecule has 0 unspecified atom stereocenters. The molecule has 25 heavy (non-hydrogen) atoms. The van der Waals surface area contributed by atoms with Gasteiger partial charge in [-0.05, 0) is 63.9 Å². The summed E-state index contributed by atoms with van der Waals surface area (Å²) in [4.78, 5) is 26.2. The van der Waals surface area contributed by atoms with Crippen LogP contribution >= 0.6 is 0 Å². The lowest BCUT2D eigenvalue weighted by atomic mass is 9.98. The number of piperidine rings is 1. The van der Waals surface area contributed by atoms with Gasteiger partial charge in [-0.3, -0.25) is 9.59 Å². The van der Waals surface area contributed by atoms with Gasteiger partial charge in [0.2, 0.25) is 5.91 Å². The molecular weight excluding hydrogens is 314 g/mol. The average molecular weight is 343 g/mol. The van der Waals surface area contributed by atoms with Gasteiger partial charge in [-0.15, -0.1) is 0 Å². The third-order valence-corrected chi connectivity index (χ3v) is 4.38. The molecule has 1 aliphatic rings. The van der Waals surface area contributed by atoms with Crippen LogP contribution in [0.3, 0.4) is 0 Å². The molecule has 1 saturated heterocycles. The lowest BCUT2D eigenvalue weighted by Gasteiger charge is -2.29. The number of likely N-dealkylation sites (tertiary alicyclic amines) is 1. The van der Waals surface area contributed by atoms with Crippen LogP contribution in [0.5, 0.6) is 0 Å². The fourth-order valence-corrected chi connectivity index (χ4v) is 3.06. The zero-order valence-electron chi connectivity index (χ0n) is 15.5. The van der Waals surface area contributed by atoms with E-state index < -0.39 is 0 Å². The van der Waals surface area contributed by atoms with Crippen LogP contribution in [0.1, 0.15) is 42.6 Å². The van der Waals surface area contributed by atoms with Crippen molar-refractivity contribution in [1.29, 1.82) is 0 Å². The van der Waals surface area contributed by atoms with Crippen molar-refractivity contribution in [2.24, 2.45) is 5.92 Å². The Morgan fingerprint density at radius 3 is 2.56 bits per heavy atom. The van der Waals surface area contributed by atoms with E-state index in [0.717, 1.165) is 30.8 Å². The quantitative estimate of drug-likeness (QED) is 0.780. The van der Waals surface area contributed by atoms with E-state index in [4.69, 9.17) is 0 Å². The first-order valence-corrected chi connectivity index (χ1v) is 8.92. The number of benzene rings is 1. The van der Waals surface area contributed by atoms with E-state index in [2.05, 4.69) is 22.6 Å². The predicted octanol–water partition coefficient (Wildman–Crippen LogP) is 2.34. The number of nitrogens with one attached hydrogen (secondary N) is 2. The Morgan fingerprint density at radius 2 is 1.92 bits per heavy atom. The molecule has 0 radical (unpaired) electrons. The highest BCUT2D eigenvalue weighted by Crippen LogP contribution is 2.14. The van der Waals surface area contributed by atoms with Gasteiger partial charge in [0, 0.05) is 31.3 Å². The van der Waals surface area contributed by atoms with Crippen molar-refractivity contribution in [1.82, 2.24) is 15.5 Å². The molecule has 5 heteroatoms. The fourth-order valence-electron chi connectivity index (χ4n) is 3.06. The van der Waals surface area contributed by atoms with Gasteiger partial charge in [0.15, 0.2) is 0 Å². The average Bonchev–Trinajstić information content (AvgIpc) is 2.58. The van der Waals surface area contributed by atoms with Crippen molar-refractivity contribution in [2.45, 2.75) is 33.2 Å². The van der Waals surface area contributed by atoms with Gasteiger partial charge < -0.3 is 15.5 Å². The van der Waals surface area contributed by atoms with Gasteiger partial charge in [0.25, 0.3) is 5.91 Å². The highest BCUT2D eigenvalue weighted by Gasteiger charge is 2.18. The smallest absolute Gasteiger partial charge is 0.251 e. The number of rotatable bonds is 6. The van der Waals surface area contributed by atoms with E-state index in [-0.39, 0.29) is 11.8 Å². The maximum absolute atomic E-state index is 12.3. The van der Waals surface area contributed by atoms with E-state index in [1.807, 2.05) is 38.1 Å². The minimum atomic E-state index is -0.0979. The third kappa shape index (κ3) is 6.70. The molecule has 0 aliphatic carbocycles. The number of carbonyl (C=O) groups excluding carboxylic acids is 2. The zero-order valence-corrected chi connectivity index (χ0v) is 15.5. The van der Waals surface area contributed by atoms with Crippen LogP contribution in [0, 0.1) is 5.92 Å². The number of hydrogen-bond donors (Lipinski definition) is 2. The molecule has 1 aromatic carbocycles. The van der Waals surface area contributed by atoms with Crippen molar-refractivity contribution in [3.63, 3.8) is 0 Å². The summed E-state index contributed by atoms with van der Waals surface area (Å²) >= 11 is 0. The maximum Gasteiger partial charge on any atom is 0.251 e. The molecule has 0 aromatic heterocycles. The van der Waals surface area contributed by atoms with Gasteiger partial charge in [0.05, 0.1) is 0 Å². The first kappa shape index (κ1) is 19.2. The molecule has 2 amide bonds. The Labute approximate surface area is 150 Å². The summed E-state index contributed by atoms with van der Waals surface area (Å²) in [5, 5.41) is 5.87. The summed E-state index contributed by atoms with van der Waals surface area (Å²) in [7, 11) is 2.13. The van der Waals surface area contributed by atoms with Crippen molar-refractivity contribution < 1.29 is 9.59 Å². The summed E-state index contributed by atoms with van der Waals surface area (Å²) in [6.45, 7) is 7.15. The molecule has 0 bridgehead atoms. The molecule has 1 aromatic rings. The number of amides is 2. The summed E-state index contributed by atoms with van der Waals surface area (Å²) in [5.74, 6) is 0.403. The second-order valence-corrected chi connectivity index (χ2v) is 7.12. The number of carbonyl (C=O) groups is 2. The van der Waals surface area contributed by atoms with Gasteiger partial charge in [-0.25, -0.2) is 0 Å². The second-order valence-electron chi connectivity index (χ2n) is 7.12. The van der Waals surface area contributed by atoms with E-state index in [1.54, 1.807) is 6.08 Å². The summed E-state index contributed by atoms with van der Waals surface area (Å²) < 4.78 is 0. The van der Waals surface area contributed by atoms with Crippen LogP contribution in [0.4, 0.5) is 0 Å². The Morgan fingerprint density at radius 1 is 1.20 bits per heavy atom. The van der Waals surface area contributed by atoms with E-state index in [0.29, 0.717) is 18.0 Å². The molecular formula is C20H29N3O2. The number of nitrogens with zero attached hydrogens (tertiary/aromatic N) is 1. The number of hydrogen-bond acceptors (Lipinski definition) is 3. The first-order chi connectivity index (χ1) is 11.9. The van der Waals surface area contributed by atoms with E-state index in [9.17, 15) is 9.59 Å². The van der Waals surface area contributed by atoms with Crippen LogP contribution in [0.25, 0.3) is 0 Å². The van der Waals surface area contributed by atoms with Crippen LogP contribution < -0.4 is 10.6 Å². The summed E-state index contributed by atoms with van der Waals surface area (Å²) in [6, 6.07) is 7.38. The van der Waals surface area contributed by atoms with E-state index in [1.165, 1.54) is 12.8 Å². The lowest BCUT2D eigenvalue weighted by molar-refractivity contribution is -0.116. The zero-order chi connectivity index (χ0) is 18.2. The van der Waals surface area contributed by atoms with Crippen molar-refractivity contribution in [2.75, 3.05) is 26.7 Å². The first-order valence-electron chi connectivity index (χ1n) is 8.92. The largest absolute Gasteiger partial charge is 0.352 e. The molecule has 2 rings (SSSR count). The molecule has 1 fully saturated rings. The van der Waals surface area contributed by atoms with Gasteiger partial charge in [-0.1, -0.05) is 17.7 Å². The molecule has 5 nitrogen and oxygen atoms in total. The third-order valence-electron chi connectivity index (χ3n) is 4.38. The standard InChI is InChI=1S/C20H29N3O2/c1-15(2)11-19(24)21-12-16-6-8-18(9-7-16)20(25)22-13-17-5-4-10-23(3)14-17/h6-9,11,17H,4-5,10,12-14H2,1-3H3,(H,21,24)(H,22,25)/t17-/m0/s1. The number of allylic oxidation sites excluding steroid dienone is 1. The van der Waals surface area contributed by atoms with Crippen molar-refractivity contribution in [3.05, 3.63) is 47.0 Å². The Bertz CT molecular complexity index is 618. The van der Waals surface area contributed by atoms with Crippen LogP contribution in [0.15, 0.2) is 35.9 Å². The van der Waals surface area contributed by atoms with Gasteiger partial charge >= 0.3 is 0 Å². The molecule has 0 saturated carbocycles. The molecule has 2 N–H and O–H groups in total. The minimum Gasteiger partial charge on any atom is -0.352 e. The Kier molecular flexibility index (Phi) is 7.19. The van der Waals surface area contributed by atoms with Crippen molar-refractivity contribution >= 4 is 11.8 Å². The molecule has 0 spiro atoms. The van der Waals surface area contributed by atoms with Crippen LogP contribution in [-0.4, -0.2) is 43.4 Å². The monoisotopic (exact) mass is 343 g/mol. The molecule has 1 aliphatic heterocycles. The highest BCUT2D eigenvalue weighted by molar-refractivity contribution is 5.94.